The molecule has 0 bridgehead atoms. The highest BCUT2D eigenvalue weighted by molar-refractivity contribution is 5.78. The summed E-state index contributed by atoms with van der Waals surface area (Å²) in [5.41, 5.74) is 0.615. The van der Waals surface area contributed by atoms with E-state index in [2.05, 4.69) is 10.6 Å². The van der Waals surface area contributed by atoms with Crippen LogP contribution >= 0.6 is 0 Å². The van der Waals surface area contributed by atoms with Crippen LogP contribution in [0.3, 0.4) is 0 Å². The first-order valence-corrected chi connectivity index (χ1v) is 8.22. The Labute approximate surface area is 160 Å². The number of amides is 1. The van der Waals surface area contributed by atoms with Crippen LogP contribution in [0.25, 0.3) is 0 Å². The van der Waals surface area contributed by atoms with E-state index in [-0.39, 0.29) is 30.5 Å². The van der Waals surface area contributed by atoms with E-state index in [1.54, 1.807) is 13.4 Å². The molecule has 2 rings (SSSR count). The third kappa shape index (κ3) is 6.98. The van der Waals surface area contributed by atoms with Gasteiger partial charge in [-0.2, -0.15) is 0 Å². The molecule has 1 aromatic carbocycles. The molecule has 144 valence electrons. The summed E-state index contributed by atoms with van der Waals surface area (Å²) in [6.45, 7) is 6.89. The number of carbonyl (C=O) groups is 1. The molecule has 0 saturated carbocycles. The van der Waals surface area contributed by atoms with Crippen LogP contribution < -0.4 is 32.5 Å². The van der Waals surface area contributed by atoms with Crippen LogP contribution in [0, 0.1) is 0 Å². The number of ether oxygens (including phenoxy) is 2. The van der Waals surface area contributed by atoms with Crippen molar-refractivity contribution in [1.82, 2.24) is 10.6 Å². The summed E-state index contributed by atoms with van der Waals surface area (Å²) in [5, 5.41) is 6.17. The zero-order chi connectivity index (χ0) is 18.3. The number of carbonyl (C=O) groups excluding carboxylic acids is 1. The van der Waals surface area contributed by atoms with E-state index in [1.165, 1.54) is 0 Å². The van der Waals surface area contributed by atoms with Crippen molar-refractivity contribution in [2.24, 2.45) is 0 Å². The molecule has 7 heteroatoms. The lowest BCUT2D eigenvalue weighted by Gasteiger charge is -2.21. The van der Waals surface area contributed by atoms with Crippen LogP contribution in [0.5, 0.6) is 11.5 Å². The van der Waals surface area contributed by atoms with Crippen LogP contribution in [-0.2, 0) is 17.9 Å². The monoisotopic (exact) mass is 381 g/mol. The number of hydrogen-bond acceptors (Lipinski definition) is 5. The predicted molar refractivity (Wildman–Crippen MR) is 95.6 cm³/mol. The average molecular weight is 382 g/mol. The minimum absolute atomic E-state index is 0. The van der Waals surface area contributed by atoms with E-state index in [1.807, 2.05) is 51.1 Å². The van der Waals surface area contributed by atoms with Crippen LogP contribution in [-0.4, -0.2) is 25.2 Å². The quantitative estimate of drug-likeness (QED) is 0.666. The van der Waals surface area contributed by atoms with Crippen molar-refractivity contribution >= 4 is 5.91 Å². The minimum Gasteiger partial charge on any atom is -1.00 e. The van der Waals surface area contributed by atoms with Crippen molar-refractivity contribution in [3.8, 4) is 11.5 Å². The van der Waals surface area contributed by atoms with Gasteiger partial charge in [0.15, 0.2) is 18.1 Å². The first-order valence-electron chi connectivity index (χ1n) is 8.22. The highest BCUT2D eigenvalue weighted by Gasteiger charge is 2.16. The largest absolute Gasteiger partial charge is 1.00 e. The molecule has 0 radical (unpaired) electrons. The number of halogens is 1. The van der Waals surface area contributed by atoms with Gasteiger partial charge in [-0.25, -0.2) is 0 Å². The molecule has 2 N–H and O–H groups in total. The zero-order valence-corrected chi connectivity index (χ0v) is 16.4. The molecule has 1 aromatic heterocycles. The maximum absolute atomic E-state index is 12.0. The molecule has 0 aliphatic carbocycles. The van der Waals surface area contributed by atoms with Gasteiger partial charge in [0, 0.05) is 17.6 Å². The summed E-state index contributed by atoms with van der Waals surface area (Å²) >= 11 is 0. The molecule has 1 heterocycles. The highest BCUT2D eigenvalue weighted by atomic mass is 35.5. The average Bonchev–Trinajstić information content (AvgIpc) is 3.05. The van der Waals surface area contributed by atoms with Gasteiger partial charge in [0.2, 0.25) is 0 Å². The third-order valence-electron chi connectivity index (χ3n) is 3.34. The van der Waals surface area contributed by atoms with Gasteiger partial charge in [-0.15, -0.1) is 0 Å². The fourth-order valence-electron chi connectivity index (χ4n) is 2.35. The number of nitrogens with one attached hydrogen (secondary N) is 2. The second-order valence-electron chi connectivity index (χ2n) is 6.72. The standard InChI is InChI=1S/C19H26N2O4.ClH/c1-19(2,3)21-17(22)13-25-18-14(7-5-9-16(18)23-4)11-20-12-15-8-6-10-24-15;/h5-10,20H,11-13H2,1-4H3,(H,21,22);1H/p-1. The molecule has 6 nitrogen and oxygen atoms in total. The molecular weight excluding hydrogens is 356 g/mol. The van der Waals surface area contributed by atoms with Gasteiger partial charge < -0.3 is 36.9 Å². The second kappa shape index (κ2) is 10.1. The maximum Gasteiger partial charge on any atom is 0.258 e. The summed E-state index contributed by atoms with van der Waals surface area (Å²) < 4.78 is 16.4. The topological polar surface area (TPSA) is 72.7 Å². The maximum atomic E-state index is 12.0. The molecule has 1 amide bonds. The Bertz CT molecular complexity index is 681. The van der Waals surface area contributed by atoms with E-state index < -0.39 is 0 Å². The van der Waals surface area contributed by atoms with E-state index in [0.29, 0.717) is 24.6 Å². The van der Waals surface area contributed by atoms with Gasteiger partial charge in [-0.05, 0) is 39.0 Å². The van der Waals surface area contributed by atoms with Crippen LogP contribution in [0.1, 0.15) is 32.1 Å². The first-order chi connectivity index (χ1) is 11.9. The Morgan fingerprint density at radius 1 is 1.15 bits per heavy atom. The van der Waals surface area contributed by atoms with Gasteiger partial charge in [0.1, 0.15) is 5.76 Å². The molecule has 0 aliphatic rings. The van der Waals surface area contributed by atoms with Gasteiger partial charge >= 0.3 is 0 Å². The van der Waals surface area contributed by atoms with Crippen molar-refractivity contribution in [3.05, 3.63) is 47.9 Å². The normalized spacial score (nSPS) is 10.8. The molecule has 26 heavy (non-hydrogen) atoms. The van der Waals surface area contributed by atoms with Gasteiger partial charge in [-0.1, -0.05) is 12.1 Å². The third-order valence-corrected chi connectivity index (χ3v) is 3.34. The fourth-order valence-corrected chi connectivity index (χ4v) is 2.35. The molecule has 0 unspecified atom stereocenters. The summed E-state index contributed by atoms with van der Waals surface area (Å²) in [6, 6.07) is 9.41. The second-order valence-corrected chi connectivity index (χ2v) is 6.72. The molecule has 0 aliphatic heterocycles. The lowest BCUT2D eigenvalue weighted by molar-refractivity contribution is -0.124. The highest BCUT2D eigenvalue weighted by Crippen LogP contribution is 2.31. The first kappa shape index (κ1) is 21.9. The minimum atomic E-state index is -0.297. The van der Waals surface area contributed by atoms with Crippen molar-refractivity contribution < 1.29 is 31.1 Å². The number of methoxy groups -OCH3 is 1. The van der Waals surface area contributed by atoms with Crippen LogP contribution in [0.15, 0.2) is 41.0 Å². The Kier molecular flexibility index (Phi) is 8.48. The number of furan rings is 1. The van der Waals surface area contributed by atoms with E-state index in [4.69, 9.17) is 13.9 Å². The molecule has 0 spiro atoms. The lowest BCUT2D eigenvalue weighted by atomic mass is 10.1. The van der Waals surface area contributed by atoms with Gasteiger partial charge in [-0.3, -0.25) is 4.79 Å². The predicted octanol–water partition coefficient (Wildman–Crippen LogP) is -0.124. The van der Waals surface area contributed by atoms with Crippen molar-refractivity contribution in [2.75, 3.05) is 13.7 Å². The van der Waals surface area contributed by atoms with Crippen molar-refractivity contribution in [1.29, 1.82) is 0 Å². The summed E-state index contributed by atoms with van der Waals surface area (Å²) in [5.74, 6) is 1.85. The fraction of sp³-hybridized carbons (Fsp3) is 0.421. The Morgan fingerprint density at radius 2 is 1.92 bits per heavy atom. The zero-order valence-electron chi connectivity index (χ0n) is 15.6. The SMILES string of the molecule is COc1cccc(CNCc2ccco2)c1OCC(=O)NC(C)(C)C.[Cl-]. The number of benzene rings is 1. The number of para-hydroxylation sites is 1. The van der Waals surface area contributed by atoms with Gasteiger partial charge in [0.05, 0.1) is 19.9 Å². The van der Waals surface area contributed by atoms with Crippen molar-refractivity contribution in [3.63, 3.8) is 0 Å². The molecule has 0 saturated heterocycles. The van der Waals surface area contributed by atoms with E-state index in [0.717, 1.165) is 11.3 Å². The summed E-state index contributed by atoms with van der Waals surface area (Å²) in [6.07, 6.45) is 1.64. The van der Waals surface area contributed by atoms with Crippen LogP contribution in [0.2, 0.25) is 0 Å². The van der Waals surface area contributed by atoms with E-state index in [9.17, 15) is 4.79 Å². The molecule has 2 aromatic rings. The Morgan fingerprint density at radius 3 is 2.54 bits per heavy atom. The molecular formula is C19H26ClN2O4-. The Hall–Kier alpha value is -2.18. The summed E-state index contributed by atoms with van der Waals surface area (Å²) in [7, 11) is 1.58. The van der Waals surface area contributed by atoms with Gasteiger partial charge in [0.25, 0.3) is 5.91 Å². The number of hydrogen-bond donors (Lipinski definition) is 2. The molecule has 0 fully saturated rings. The summed E-state index contributed by atoms with van der Waals surface area (Å²) in [4.78, 5) is 12.0. The molecule has 0 atom stereocenters. The lowest BCUT2D eigenvalue weighted by Crippen LogP contribution is -3.00. The van der Waals surface area contributed by atoms with Crippen LogP contribution in [0.4, 0.5) is 0 Å². The smallest absolute Gasteiger partial charge is 0.258 e. The Balaban J connectivity index is 0.00000338. The van der Waals surface area contributed by atoms with E-state index >= 15 is 0 Å². The van der Waals surface area contributed by atoms with Crippen molar-refractivity contribution in [2.45, 2.75) is 39.4 Å². The number of rotatable bonds is 8.